The van der Waals surface area contributed by atoms with E-state index in [0.29, 0.717) is 34.4 Å². The number of aromatic nitrogens is 2. The molecular formula is C26H20N4O2S. The summed E-state index contributed by atoms with van der Waals surface area (Å²) in [7, 11) is 0. The summed E-state index contributed by atoms with van der Waals surface area (Å²) in [5, 5.41) is 9.57. The monoisotopic (exact) mass is 452 g/mol. The number of thiophene rings is 1. The number of nitriles is 1. The number of carbonyl (C=O) groups excluding carboxylic acids is 1. The van der Waals surface area contributed by atoms with E-state index >= 15 is 0 Å². The van der Waals surface area contributed by atoms with Gasteiger partial charge in [0.05, 0.1) is 22.6 Å². The molecule has 33 heavy (non-hydrogen) atoms. The molecule has 4 aromatic rings. The first-order valence-electron chi connectivity index (χ1n) is 10.7. The molecule has 1 fully saturated rings. The van der Waals surface area contributed by atoms with Crippen LogP contribution in [-0.4, -0.2) is 33.9 Å². The molecule has 0 radical (unpaired) electrons. The van der Waals surface area contributed by atoms with Crippen LogP contribution < -0.4 is 5.56 Å². The Bertz CT molecular complexity index is 1450. The van der Waals surface area contributed by atoms with Crippen LogP contribution in [0.5, 0.6) is 0 Å². The Kier molecular flexibility index (Phi) is 5.59. The summed E-state index contributed by atoms with van der Waals surface area (Å²) in [4.78, 5) is 37.2. The topological polar surface area (TPSA) is 89.8 Å². The normalized spacial score (nSPS) is 13.9. The number of rotatable bonds is 4. The van der Waals surface area contributed by atoms with E-state index in [0.717, 1.165) is 28.8 Å². The molecule has 7 heteroatoms. The van der Waals surface area contributed by atoms with Gasteiger partial charge in [-0.1, -0.05) is 42.5 Å². The average Bonchev–Trinajstić information content (AvgIpc) is 3.54. The van der Waals surface area contributed by atoms with Crippen molar-refractivity contribution in [2.75, 3.05) is 13.1 Å². The highest BCUT2D eigenvalue weighted by Crippen LogP contribution is 2.31. The van der Waals surface area contributed by atoms with E-state index in [2.05, 4.69) is 11.1 Å². The third-order valence-corrected chi connectivity index (χ3v) is 6.77. The van der Waals surface area contributed by atoms with Crippen LogP contribution in [0.2, 0.25) is 0 Å². The summed E-state index contributed by atoms with van der Waals surface area (Å²) in [5.74, 6) is 0.106. The molecule has 2 aromatic carbocycles. The van der Waals surface area contributed by atoms with Gasteiger partial charge in [-0.2, -0.15) is 5.26 Å². The van der Waals surface area contributed by atoms with Gasteiger partial charge in [0, 0.05) is 18.0 Å². The molecule has 0 unspecified atom stereocenters. The average molecular weight is 453 g/mol. The largest absolute Gasteiger partial charge is 0.339 e. The van der Waals surface area contributed by atoms with Gasteiger partial charge in [-0.25, -0.2) is 4.98 Å². The number of benzene rings is 2. The summed E-state index contributed by atoms with van der Waals surface area (Å²) in [6.07, 6.45) is 3.66. The van der Waals surface area contributed by atoms with Gasteiger partial charge in [-0.15, -0.1) is 11.3 Å². The zero-order chi connectivity index (χ0) is 22.8. The lowest BCUT2D eigenvalue weighted by Crippen LogP contribution is -2.29. The van der Waals surface area contributed by atoms with Crippen molar-refractivity contribution in [1.82, 2.24) is 14.9 Å². The fourth-order valence-corrected chi connectivity index (χ4v) is 4.98. The van der Waals surface area contributed by atoms with Crippen LogP contribution in [0, 0.1) is 11.3 Å². The second-order valence-corrected chi connectivity index (χ2v) is 8.93. The van der Waals surface area contributed by atoms with Crippen LogP contribution in [0.1, 0.15) is 29.8 Å². The van der Waals surface area contributed by atoms with Gasteiger partial charge in [0.15, 0.2) is 0 Å². The van der Waals surface area contributed by atoms with Gasteiger partial charge < -0.3 is 9.88 Å². The van der Waals surface area contributed by atoms with Crippen molar-refractivity contribution < 1.29 is 4.79 Å². The molecular weight excluding hydrogens is 432 g/mol. The van der Waals surface area contributed by atoms with Crippen LogP contribution in [0.25, 0.3) is 32.3 Å². The van der Waals surface area contributed by atoms with E-state index in [-0.39, 0.29) is 17.3 Å². The number of hydrogen-bond donors (Lipinski definition) is 1. The lowest BCUT2D eigenvalue weighted by atomic mass is 10.1. The maximum Gasteiger partial charge on any atom is 0.259 e. The third-order valence-electron chi connectivity index (χ3n) is 5.69. The Morgan fingerprint density at radius 3 is 2.52 bits per heavy atom. The second kappa shape index (κ2) is 8.85. The van der Waals surface area contributed by atoms with E-state index in [4.69, 9.17) is 10.2 Å². The van der Waals surface area contributed by atoms with Gasteiger partial charge in [0.1, 0.15) is 10.7 Å². The summed E-state index contributed by atoms with van der Waals surface area (Å²) in [5.41, 5.74) is 2.39. The van der Waals surface area contributed by atoms with Crippen LogP contribution in [0.3, 0.4) is 0 Å². The Hall–Kier alpha value is -4.02. The number of hydrogen-bond acceptors (Lipinski definition) is 5. The van der Waals surface area contributed by atoms with Crippen molar-refractivity contribution in [2.24, 2.45) is 0 Å². The van der Waals surface area contributed by atoms with Gasteiger partial charge in [-0.3, -0.25) is 9.59 Å². The predicted molar refractivity (Wildman–Crippen MR) is 131 cm³/mol. The van der Waals surface area contributed by atoms with Gasteiger partial charge in [-0.05, 0) is 48.2 Å². The standard InChI is InChI=1S/C26H20N4O2S/c27-16-18-10-8-17(9-11-18)14-20(26(32)30-12-4-5-13-30)23-28-24(31)21-15-22(33-25(21)29-23)19-6-2-1-3-7-19/h1-3,6-11,14-15H,4-5,12-13H2,(H,28,29,31)/b20-14+. The van der Waals surface area contributed by atoms with Crippen molar-refractivity contribution in [1.29, 1.82) is 5.26 Å². The number of nitrogens with one attached hydrogen (secondary N) is 1. The minimum absolute atomic E-state index is 0.154. The van der Waals surface area contributed by atoms with Crippen LogP contribution in [-0.2, 0) is 4.79 Å². The van der Waals surface area contributed by atoms with Crippen LogP contribution >= 0.6 is 11.3 Å². The van der Waals surface area contributed by atoms with Crippen molar-refractivity contribution in [3.63, 3.8) is 0 Å². The van der Waals surface area contributed by atoms with Crippen molar-refractivity contribution >= 4 is 39.1 Å². The van der Waals surface area contributed by atoms with Gasteiger partial charge in [0.2, 0.25) is 0 Å². The number of nitrogens with zero attached hydrogens (tertiary/aromatic N) is 3. The number of carbonyl (C=O) groups is 1. The lowest BCUT2D eigenvalue weighted by molar-refractivity contribution is -0.123. The quantitative estimate of drug-likeness (QED) is 0.455. The van der Waals surface area contributed by atoms with E-state index in [1.54, 1.807) is 35.2 Å². The maximum atomic E-state index is 13.4. The molecule has 0 aliphatic carbocycles. The number of aromatic amines is 1. The highest BCUT2D eigenvalue weighted by Gasteiger charge is 2.25. The molecule has 1 aliphatic heterocycles. The Morgan fingerprint density at radius 2 is 1.82 bits per heavy atom. The van der Waals surface area contributed by atoms with E-state index in [9.17, 15) is 9.59 Å². The zero-order valence-electron chi connectivity index (χ0n) is 17.7. The highest BCUT2D eigenvalue weighted by molar-refractivity contribution is 7.21. The number of likely N-dealkylation sites (tertiary alicyclic amines) is 1. The molecule has 6 nitrogen and oxygen atoms in total. The predicted octanol–water partition coefficient (Wildman–Crippen LogP) is 4.69. The molecule has 0 saturated carbocycles. The van der Waals surface area contributed by atoms with Gasteiger partial charge in [0.25, 0.3) is 11.5 Å². The number of fused-ring (bicyclic) bond motifs is 1. The summed E-state index contributed by atoms with van der Waals surface area (Å²) >= 11 is 1.43. The summed E-state index contributed by atoms with van der Waals surface area (Å²) in [6, 6.07) is 20.8. The molecule has 162 valence electrons. The molecule has 1 N–H and O–H groups in total. The van der Waals surface area contributed by atoms with Crippen molar-refractivity contribution in [3.8, 4) is 16.5 Å². The first kappa shape index (κ1) is 20.9. The zero-order valence-corrected chi connectivity index (χ0v) is 18.6. The molecule has 1 saturated heterocycles. The third kappa shape index (κ3) is 4.21. The molecule has 0 atom stereocenters. The van der Waals surface area contributed by atoms with E-state index in [1.165, 1.54) is 11.3 Å². The summed E-state index contributed by atoms with van der Waals surface area (Å²) < 4.78 is 0. The Balaban J connectivity index is 1.62. The first-order chi connectivity index (χ1) is 16.1. The number of H-pyrrole nitrogens is 1. The Morgan fingerprint density at radius 1 is 1.09 bits per heavy atom. The molecule has 5 rings (SSSR count). The van der Waals surface area contributed by atoms with Crippen molar-refractivity contribution in [2.45, 2.75) is 12.8 Å². The smallest absolute Gasteiger partial charge is 0.259 e. The first-order valence-corrected chi connectivity index (χ1v) is 11.5. The van der Waals surface area contributed by atoms with Crippen molar-refractivity contribution in [3.05, 3.63) is 88.0 Å². The fourth-order valence-electron chi connectivity index (χ4n) is 3.95. The van der Waals surface area contributed by atoms with Crippen LogP contribution in [0.15, 0.2) is 65.5 Å². The highest BCUT2D eigenvalue weighted by atomic mass is 32.1. The molecule has 0 bridgehead atoms. The minimum atomic E-state index is -0.270. The SMILES string of the molecule is N#Cc1ccc(/C=C(/C(=O)N2CCCC2)c2nc3sc(-c4ccccc4)cc3c(=O)[nH]2)cc1. The van der Waals surface area contributed by atoms with E-state index in [1.807, 2.05) is 36.4 Å². The maximum absolute atomic E-state index is 13.4. The molecule has 1 amide bonds. The van der Waals surface area contributed by atoms with Gasteiger partial charge >= 0.3 is 0 Å². The molecule has 1 aliphatic rings. The number of amides is 1. The summed E-state index contributed by atoms with van der Waals surface area (Å²) in [6.45, 7) is 1.38. The molecule has 0 spiro atoms. The second-order valence-electron chi connectivity index (χ2n) is 7.90. The van der Waals surface area contributed by atoms with Crippen LogP contribution in [0.4, 0.5) is 0 Å². The lowest BCUT2D eigenvalue weighted by Gasteiger charge is -2.17. The fraction of sp³-hybridized carbons (Fsp3) is 0.154. The molecule has 3 heterocycles. The minimum Gasteiger partial charge on any atom is -0.339 e. The van der Waals surface area contributed by atoms with E-state index < -0.39 is 0 Å². The Labute approximate surface area is 194 Å². The molecule has 2 aromatic heterocycles.